The van der Waals surface area contributed by atoms with Gasteiger partial charge in [-0.15, -0.1) is 0 Å². The number of hydrogen-bond acceptors (Lipinski definition) is 8. The molecule has 0 bridgehead atoms. The first-order chi connectivity index (χ1) is 14.9. The number of non-ortho nitro benzene ring substituents is 1. The van der Waals surface area contributed by atoms with Gasteiger partial charge in [-0.1, -0.05) is 6.07 Å². The van der Waals surface area contributed by atoms with E-state index in [1.54, 1.807) is 6.07 Å². The number of methoxy groups -OCH3 is 2. The SMILES string of the molecule is COCCNC(=O)/C(C#N)=C/c1ccc(OC(=O)c2ccc([N+](=O)[O-])cc2)c(OC)c1. The third kappa shape index (κ3) is 6.38. The minimum absolute atomic E-state index is 0.103. The van der Waals surface area contributed by atoms with Crippen LogP contribution < -0.4 is 14.8 Å². The maximum absolute atomic E-state index is 12.3. The van der Waals surface area contributed by atoms with Crippen molar-refractivity contribution in [1.82, 2.24) is 5.32 Å². The monoisotopic (exact) mass is 425 g/mol. The molecule has 0 aliphatic carbocycles. The molecule has 0 saturated carbocycles. The quantitative estimate of drug-likeness (QED) is 0.123. The Morgan fingerprint density at radius 3 is 2.45 bits per heavy atom. The van der Waals surface area contributed by atoms with Crippen LogP contribution in [0.5, 0.6) is 11.5 Å². The van der Waals surface area contributed by atoms with Gasteiger partial charge in [0, 0.05) is 25.8 Å². The first-order valence-electron chi connectivity index (χ1n) is 8.93. The van der Waals surface area contributed by atoms with Crippen molar-refractivity contribution in [3.8, 4) is 17.6 Å². The summed E-state index contributed by atoms with van der Waals surface area (Å²) in [6.07, 6.45) is 1.37. The number of nitrogens with one attached hydrogen (secondary N) is 1. The number of nitro benzene ring substituents is 1. The predicted octanol–water partition coefficient (Wildman–Crippen LogP) is 2.49. The molecular weight excluding hydrogens is 406 g/mol. The maximum Gasteiger partial charge on any atom is 0.343 e. The van der Waals surface area contributed by atoms with Crippen LogP contribution in [0.3, 0.4) is 0 Å². The van der Waals surface area contributed by atoms with Gasteiger partial charge < -0.3 is 19.5 Å². The normalized spacial score (nSPS) is 10.7. The number of benzene rings is 2. The summed E-state index contributed by atoms with van der Waals surface area (Å²) in [6, 6.07) is 11.3. The molecule has 0 spiro atoms. The first-order valence-corrected chi connectivity index (χ1v) is 8.93. The zero-order chi connectivity index (χ0) is 22.8. The fraction of sp³-hybridized carbons (Fsp3) is 0.190. The summed E-state index contributed by atoms with van der Waals surface area (Å²) in [5, 5.41) is 22.5. The molecule has 1 N–H and O–H groups in total. The van der Waals surface area contributed by atoms with Crippen LogP contribution in [-0.2, 0) is 9.53 Å². The molecule has 0 atom stereocenters. The Bertz CT molecular complexity index is 1040. The Balaban J connectivity index is 2.18. The van der Waals surface area contributed by atoms with E-state index in [4.69, 9.17) is 14.2 Å². The second kappa shape index (κ2) is 11.1. The van der Waals surface area contributed by atoms with Gasteiger partial charge in [0.15, 0.2) is 11.5 Å². The van der Waals surface area contributed by atoms with Gasteiger partial charge in [-0.3, -0.25) is 14.9 Å². The Morgan fingerprint density at radius 2 is 1.87 bits per heavy atom. The van der Waals surface area contributed by atoms with Crippen molar-refractivity contribution in [2.75, 3.05) is 27.4 Å². The maximum atomic E-state index is 12.3. The fourth-order valence-corrected chi connectivity index (χ4v) is 2.41. The van der Waals surface area contributed by atoms with Gasteiger partial charge in [0.2, 0.25) is 0 Å². The molecule has 10 nitrogen and oxygen atoms in total. The molecule has 0 fully saturated rings. The Labute approximate surface area is 177 Å². The number of rotatable bonds is 9. The largest absolute Gasteiger partial charge is 0.493 e. The van der Waals surface area contributed by atoms with Gasteiger partial charge in [-0.25, -0.2) is 4.79 Å². The average Bonchev–Trinajstić information content (AvgIpc) is 2.78. The number of esters is 1. The van der Waals surface area contributed by atoms with Gasteiger partial charge >= 0.3 is 5.97 Å². The molecule has 10 heteroatoms. The molecule has 0 radical (unpaired) electrons. The van der Waals surface area contributed by atoms with Crippen LogP contribution in [0.1, 0.15) is 15.9 Å². The minimum atomic E-state index is -0.730. The molecule has 2 rings (SSSR count). The summed E-state index contributed by atoms with van der Waals surface area (Å²) in [4.78, 5) is 34.5. The smallest absolute Gasteiger partial charge is 0.343 e. The van der Waals surface area contributed by atoms with Gasteiger partial charge in [-0.05, 0) is 35.9 Å². The summed E-state index contributed by atoms with van der Waals surface area (Å²) < 4.78 is 15.4. The van der Waals surface area contributed by atoms with Crippen molar-refractivity contribution in [1.29, 1.82) is 5.26 Å². The van der Waals surface area contributed by atoms with Crippen LogP contribution in [0.25, 0.3) is 6.08 Å². The molecule has 0 saturated heterocycles. The van der Waals surface area contributed by atoms with Crippen molar-refractivity contribution >= 4 is 23.6 Å². The predicted molar refractivity (Wildman–Crippen MR) is 110 cm³/mol. The fourth-order valence-electron chi connectivity index (χ4n) is 2.41. The standard InChI is InChI=1S/C21H19N3O7/c1-29-10-9-23-20(25)16(13-22)11-14-3-8-18(19(12-14)30-2)31-21(26)15-4-6-17(7-5-15)24(27)28/h3-8,11-12H,9-10H2,1-2H3,(H,23,25)/b16-11+. The number of carbonyl (C=O) groups excluding carboxylic acids is 2. The first kappa shape index (κ1) is 23.1. The zero-order valence-electron chi connectivity index (χ0n) is 16.8. The van der Waals surface area contributed by atoms with Crippen molar-refractivity contribution in [3.63, 3.8) is 0 Å². The van der Waals surface area contributed by atoms with Crippen molar-refractivity contribution in [3.05, 3.63) is 69.3 Å². The number of nitrogens with zero attached hydrogens (tertiary/aromatic N) is 2. The van der Waals surface area contributed by atoms with E-state index in [9.17, 15) is 25.0 Å². The lowest BCUT2D eigenvalue weighted by atomic mass is 10.1. The highest BCUT2D eigenvalue weighted by Gasteiger charge is 2.15. The molecule has 160 valence electrons. The molecule has 0 aliphatic heterocycles. The van der Waals surface area contributed by atoms with Crippen LogP contribution in [0.2, 0.25) is 0 Å². The van der Waals surface area contributed by atoms with Crippen LogP contribution in [0, 0.1) is 21.4 Å². The second-order valence-electron chi connectivity index (χ2n) is 6.02. The molecule has 0 aliphatic rings. The summed E-state index contributed by atoms with van der Waals surface area (Å²) in [7, 11) is 2.87. The highest BCUT2D eigenvalue weighted by atomic mass is 16.6. The summed E-state index contributed by atoms with van der Waals surface area (Å²) in [5.74, 6) is -0.980. The molecule has 1 amide bonds. The van der Waals surface area contributed by atoms with E-state index in [1.807, 2.05) is 6.07 Å². The van der Waals surface area contributed by atoms with E-state index in [0.717, 1.165) is 0 Å². The zero-order valence-corrected chi connectivity index (χ0v) is 16.8. The molecule has 31 heavy (non-hydrogen) atoms. The number of hydrogen-bond donors (Lipinski definition) is 1. The third-order valence-corrected chi connectivity index (χ3v) is 3.97. The van der Waals surface area contributed by atoms with Crippen molar-refractivity contribution in [2.45, 2.75) is 0 Å². The summed E-state index contributed by atoms with van der Waals surface area (Å²) in [5.41, 5.74) is 0.333. The van der Waals surface area contributed by atoms with Gasteiger partial charge in [0.1, 0.15) is 11.6 Å². The average molecular weight is 425 g/mol. The molecule has 0 unspecified atom stereocenters. The molecule has 2 aromatic carbocycles. The topological polar surface area (TPSA) is 141 Å². The van der Waals surface area contributed by atoms with Crippen LogP contribution in [0.15, 0.2) is 48.0 Å². The van der Waals surface area contributed by atoms with Crippen LogP contribution in [0.4, 0.5) is 5.69 Å². The molecule has 0 aromatic heterocycles. The summed E-state index contributed by atoms with van der Waals surface area (Å²) in [6.45, 7) is 0.572. The molecule has 2 aromatic rings. The van der Waals surface area contributed by atoms with Crippen LogP contribution in [-0.4, -0.2) is 44.2 Å². The molecule has 0 heterocycles. The Morgan fingerprint density at radius 1 is 1.16 bits per heavy atom. The van der Waals surface area contributed by atoms with E-state index in [-0.39, 0.29) is 34.9 Å². The highest BCUT2D eigenvalue weighted by molar-refractivity contribution is 6.01. The third-order valence-electron chi connectivity index (χ3n) is 3.97. The lowest BCUT2D eigenvalue weighted by molar-refractivity contribution is -0.384. The van der Waals surface area contributed by atoms with Gasteiger partial charge in [0.25, 0.3) is 11.6 Å². The number of nitriles is 1. The number of nitro groups is 1. The lowest BCUT2D eigenvalue weighted by Crippen LogP contribution is -2.27. The number of amides is 1. The molecular formula is C21H19N3O7. The van der Waals surface area contributed by atoms with E-state index >= 15 is 0 Å². The lowest BCUT2D eigenvalue weighted by Gasteiger charge is -2.10. The minimum Gasteiger partial charge on any atom is -0.493 e. The summed E-state index contributed by atoms with van der Waals surface area (Å²) >= 11 is 0. The number of carbonyl (C=O) groups is 2. The second-order valence-corrected chi connectivity index (χ2v) is 6.02. The Kier molecular flexibility index (Phi) is 8.24. The van der Waals surface area contributed by atoms with E-state index in [0.29, 0.717) is 12.2 Å². The Hall–Kier alpha value is -4.23. The van der Waals surface area contributed by atoms with Crippen molar-refractivity contribution in [2.24, 2.45) is 0 Å². The van der Waals surface area contributed by atoms with E-state index < -0.39 is 16.8 Å². The van der Waals surface area contributed by atoms with E-state index in [2.05, 4.69) is 5.32 Å². The van der Waals surface area contributed by atoms with Gasteiger partial charge in [-0.2, -0.15) is 5.26 Å². The van der Waals surface area contributed by atoms with Gasteiger partial charge in [0.05, 0.1) is 24.2 Å². The van der Waals surface area contributed by atoms with Crippen molar-refractivity contribution < 1.29 is 28.7 Å². The number of ether oxygens (including phenoxy) is 3. The highest BCUT2D eigenvalue weighted by Crippen LogP contribution is 2.30. The van der Waals surface area contributed by atoms with E-state index in [1.165, 1.54) is 56.7 Å². The van der Waals surface area contributed by atoms with Crippen LogP contribution >= 0.6 is 0 Å².